The van der Waals surface area contributed by atoms with E-state index in [9.17, 15) is 0 Å². The maximum atomic E-state index is 6.33. The van der Waals surface area contributed by atoms with E-state index in [4.69, 9.17) is 16.6 Å². The van der Waals surface area contributed by atoms with Crippen molar-refractivity contribution in [2.75, 3.05) is 0 Å². The maximum Gasteiger partial charge on any atom is 0.127 e. The Morgan fingerprint density at radius 1 is 1.42 bits per heavy atom. The van der Waals surface area contributed by atoms with Gasteiger partial charge in [-0.25, -0.2) is 4.98 Å². The van der Waals surface area contributed by atoms with Crippen LogP contribution in [-0.4, -0.2) is 9.55 Å². The standard InChI is InChI=1S/C16H21ClN2/c1-4-16(7-8-16)10-19-14-9-11(2)5-6-13(14)18-15(19)12(3)17/h5-6,9,12H,4,7-8,10H2,1-3H3. The predicted molar refractivity (Wildman–Crippen MR) is 80.7 cm³/mol. The van der Waals surface area contributed by atoms with E-state index in [1.807, 2.05) is 6.92 Å². The first kappa shape index (κ1) is 13.0. The lowest BCUT2D eigenvalue weighted by Crippen LogP contribution is -2.13. The van der Waals surface area contributed by atoms with Gasteiger partial charge in [0.1, 0.15) is 5.82 Å². The van der Waals surface area contributed by atoms with E-state index in [2.05, 4.69) is 36.6 Å². The molecular weight excluding hydrogens is 256 g/mol. The Labute approximate surface area is 119 Å². The van der Waals surface area contributed by atoms with Gasteiger partial charge in [0, 0.05) is 6.54 Å². The minimum atomic E-state index is -0.0413. The van der Waals surface area contributed by atoms with E-state index >= 15 is 0 Å². The summed E-state index contributed by atoms with van der Waals surface area (Å²) in [7, 11) is 0. The fourth-order valence-corrected chi connectivity index (χ4v) is 3.02. The number of benzene rings is 1. The molecule has 19 heavy (non-hydrogen) atoms. The topological polar surface area (TPSA) is 17.8 Å². The van der Waals surface area contributed by atoms with Gasteiger partial charge >= 0.3 is 0 Å². The average Bonchev–Trinajstić information content (AvgIpc) is 3.07. The van der Waals surface area contributed by atoms with Gasteiger partial charge in [0.05, 0.1) is 16.4 Å². The smallest absolute Gasteiger partial charge is 0.127 e. The molecule has 2 nitrogen and oxygen atoms in total. The van der Waals surface area contributed by atoms with E-state index in [-0.39, 0.29) is 5.38 Å². The molecule has 0 amide bonds. The Morgan fingerprint density at radius 3 is 2.74 bits per heavy atom. The highest BCUT2D eigenvalue weighted by atomic mass is 35.5. The lowest BCUT2D eigenvalue weighted by Gasteiger charge is -2.17. The van der Waals surface area contributed by atoms with Crippen LogP contribution in [0.4, 0.5) is 0 Å². The summed E-state index contributed by atoms with van der Waals surface area (Å²) in [5.41, 5.74) is 4.09. The Kier molecular flexibility index (Phi) is 3.09. The van der Waals surface area contributed by atoms with Gasteiger partial charge in [-0.1, -0.05) is 13.0 Å². The Bertz CT molecular complexity index is 608. The van der Waals surface area contributed by atoms with Gasteiger partial charge in [0.15, 0.2) is 0 Å². The third kappa shape index (κ3) is 2.27. The molecule has 0 aliphatic heterocycles. The molecule has 1 saturated carbocycles. The van der Waals surface area contributed by atoms with Crippen LogP contribution in [0.3, 0.4) is 0 Å². The summed E-state index contributed by atoms with van der Waals surface area (Å²) in [6.45, 7) is 7.50. The minimum Gasteiger partial charge on any atom is -0.326 e. The number of hydrogen-bond acceptors (Lipinski definition) is 1. The van der Waals surface area contributed by atoms with Crippen molar-refractivity contribution in [1.82, 2.24) is 9.55 Å². The number of nitrogens with zero attached hydrogens (tertiary/aromatic N) is 2. The fourth-order valence-electron chi connectivity index (χ4n) is 2.86. The third-order valence-corrected chi connectivity index (χ3v) is 4.68. The zero-order valence-corrected chi connectivity index (χ0v) is 12.7. The zero-order chi connectivity index (χ0) is 13.6. The number of fused-ring (bicyclic) bond motifs is 1. The van der Waals surface area contributed by atoms with Gasteiger partial charge in [-0.2, -0.15) is 0 Å². The van der Waals surface area contributed by atoms with Crippen molar-refractivity contribution in [2.24, 2.45) is 5.41 Å². The highest BCUT2D eigenvalue weighted by Gasteiger charge is 2.41. The van der Waals surface area contributed by atoms with Crippen molar-refractivity contribution in [2.45, 2.75) is 52.0 Å². The van der Waals surface area contributed by atoms with Crippen LogP contribution in [0, 0.1) is 12.3 Å². The van der Waals surface area contributed by atoms with Crippen molar-refractivity contribution in [3.8, 4) is 0 Å². The van der Waals surface area contributed by atoms with Crippen molar-refractivity contribution < 1.29 is 0 Å². The summed E-state index contributed by atoms with van der Waals surface area (Å²) in [6, 6.07) is 6.46. The molecule has 0 saturated heterocycles. The zero-order valence-electron chi connectivity index (χ0n) is 11.9. The molecule has 3 rings (SSSR count). The summed E-state index contributed by atoms with van der Waals surface area (Å²) in [4.78, 5) is 4.73. The molecule has 0 bridgehead atoms. The van der Waals surface area contributed by atoms with Crippen LogP contribution in [0.15, 0.2) is 18.2 Å². The van der Waals surface area contributed by atoms with Crippen LogP contribution in [0.2, 0.25) is 0 Å². The Morgan fingerprint density at radius 2 is 2.16 bits per heavy atom. The van der Waals surface area contributed by atoms with Crippen molar-refractivity contribution in [3.63, 3.8) is 0 Å². The van der Waals surface area contributed by atoms with E-state index in [0.717, 1.165) is 17.9 Å². The van der Waals surface area contributed by atoms with Crippen LogP contribution in [0.1, 0.15) is 49.9 Å². The van der Waals surface area contributed by atoms with E-state index in [1.54, 1.807) is 0 Å². The minimum absolute atomic E-state index is 0.0413. The highest BCUT2D eigenvalue weighted by molar-refractivity contribution is 6.20. The molecule has 2 aromatic rings. The number of imidazole rings is 1. The molecule has 0 radical (unpaired) electrons. The number of hydrogen-bond donors (Lipinski definition) is 0. The Balaban J connectivity index is 2.13. The summed E-state index contributed by atoms with van der Waals surface area (Å²) in [6.07, 6.45) is 3.92. The van der Waals surface area contributed by atoms with Crippen molar-refractivity contribution >= 4 is 22.6 Å². The highest BCUT2D eigenvalue weighted by Crippen LogP contribution is 2.50. The quantitative estimate of drug-likeness (QED) is 0.731. The van der Waals surface area contributed by atoms with E-state index in [1.165, 1.54) is 30.3 Å². The van der Waals surface area contributed by atoms with E-state index in [0.29, 0.717) is 5.41 Å². The molecule has 0 spiro atoms. The molecule has 1 aliphatic rings. The molecule has 0 N–H and O–H groups in total. The number of halogens is 1. The normalized spacial score (nSPS) is 18.7. The number of aryl methyl sites for hydroxylation is 1. The summed E-state index contributed by atoms with van der Waals surface area (Å²) in [5.74, 6) is 1.02. The molecule has 102 valence electrons. The third-order valence-electron chi connectivity index (χ3n) is 4.49. The Hall–Kier alpha value is -1.02. The van der Waals surface area contributed by atoms with Gasteiger partial charge < -0.3 is 4.57 Å². The molecule has 3 heteroatoms. The first-order valence-electron chi connectivity index (χ1n) is 7.15. The molecule has 1 aromatic carbocycles. The second kappa shape index (κ2) is 4.52. The van der Waals surface area contributed by atoms with Gasteiger partial charge in [0.2, 0.25) is 0 Å². The summed E-state index contributed by atoms with van der Waals surface area (Å²) >= 11 is 6.33. The largest absolute Gasteiger partial charge is 0.326 e. The maximum absolute atomic E-state index is 6.33. The van der Waals surface area contributed by atoms with Crippen LogP contribution >= 0.6 is 11.6 Å². The monoisotopic (exact) mass is 276 g/mol. The SMILES string of the molecule is CCC1(Cn2c(C(C)Cl)nc3ccc(C)cc32)CC1. The van der Waals surface area contributed by atoms with Crippen LogP contribution in [0.5, 0.6) is 0 Å². The molecular formula is C16H21ClN2. The van der Waals surface area contributed by atoms with Crippen molar-refractivity contribution in [3.05, 3.63) is 29.6 Å². The first-order chi connectivity index (χ1) is 9.04. The van der Waals surface area contributed by atoms with Gasteiger partial charge in [-0.3, -0.25) is 0 Å². The molecule has 1 fully saturated rings. The first-order valence-corrected chi connectivity index (χ1v) is 7.59. The average molecular weight is 277 g/mol. The van der Waals surface area contributed by atoms with Gasteiger partial charge in [-0.05, 0) is 56.2 Å². The van der Waals surface area contributed by atoms with Crippen LogP contribution in [-0.2, 0) is 6.54 Å². The number of rotatable bonds is 4. The summed E-state index contributed by atoms with van der Waals surface area (Å²) in [5, 5.41) is -0.0413. The molecule has 1 heterocycles. The van der Waals surface area contributed by atoms with Crippen LogP contribution in [0.25, 0.3) is 11.0 Å². The summed E-state index contributed by atoms with van der Waals surface area (Å²) < 4.78 is 2.36. The van der Waals surface area contributed by atoms with Crippen LogP contribution < -0.4 is 0 Å². The lowest BCUT2D eigenvalue weighted by molar-refractivity contribution is 0.407. The molecule has 1 aliphatic carbocycles. The molecule has 1 unspecified atom stereocenters. The lowest BCUT2D eigenvalue weighted by atomic mass is 10.0. The van der Waals surface area contributed by atoms with Gasteiger partial charge in [0.25, 0.3) is 0 Å². The fraction of sp³-hybridized carbons (Fsp3) is 0.562. The molecule has 1 atom stereocenters. The van der Waals surface area contributed by atoms with Gasteiger partial charge in [-0.15, -0.1) is 11.6 Å². The number of alkyl halides is 1. The molecule has 1 aromatic heterocycles. The van der Waals surface area contributed by atoms with E-state index < -0.39 is 0 Å². The number of aromatic nitrogens is 2. The predicted octanol–water partition coefficient (Wildman–Crippen LogP) is 4.83. The second-order valence-electron chi connectivity index (χ2n) is 6.02. The van der Waals surface area contributed by atoms with Crippen molar-refractivity contribution in [1.29, 1.82) is 0 Å². The second-order valence-corrected chi connectivity index (χ2v) is 6.67.